The molecule has 2 saturated heterocycles. The van der Waals surface area contributed by atoms with Gasteiger partial charge in [-0.1, -0.05) is 74.0 Å². The summed E-state index contributed by atoms with van der Waals surface area (Å²) in [5, 5.41) is 5.85. The number of aromatic nitrogens is 4. The van der Waals surface area contributed by atoms with Gasteiger partial charge in [0.25, 0.3) is 0 Å². The van der Waals surface area contributed by atoms with Crippen LogP contribution in [0.3, 0.4) is 0 Å². The molecule has 2 aliphatic heterocycles. The van der Waals surface area contributed by atoms with E-state index in [9.17, 15) is 19.2 Å². The molecule has 2 aliphatic rings. The molecule has 2 aromatic heterocycles. The average molecular weight is 865 g/mol. The highest BCUT2D eigenvalue weighted by Gasteiger charge is 2.43. The highest BCUT2D eigenvalue weighted by Crippen LogP contribution is 2.39. The lowest BCUT2D eigenvalue weighted by Crippen LogP contribution is -2.54. The summed E-state index contributed by atoms with van der Waals surface area (Å²) in [4.78, 5) is 71.5. The fourth-order valence-corrected chi connectivity index (χ4v) is 8.67. The number of hydrogen-bond acceptors (Lipinski definition) is 11. The number of ether oxygens (including phenoxy) is 4. The smallest absolute Gasteiger partial charge is 0.407 e. The van der Waals surface area contributed by atoms with E-state index in [1.165, 1.54) is 21.3 Å². The molecule has 6 rings (SSSR count). The molecule has 16 nitrogen and oxygen atoms in total. The van der Waals surface area contributed by atoms with Gasteiger partial charge in [-0.3, -0.25) is 9.59 Å². The monoisotopic (exact) mass is 864 g/mol. The van der Waals surface area contributed by atoms with E-state index >= 15 is 0 Å². The fourth-order valence-electron chi connectivity index (χ4n) is 7.73. The van der Waals surface area contributed by atoms with Crippen molar-refractivity contribution in [2.75, 3.05) is 47.8 Å². The normalized spacial score (nSPS) is 20.5. The number of carbonyl (C=O) groups is 4. The van der Waals surface area contributed by atoms with Crippen LogP contribution in [0, 0.1) is 5.92 Å². The van der Waals surface area contributed by atoms with Crippen LogP contribution in [0.5, 0.6) is 0 Å². The minimum absolute atomic E-state index is 0.188. The number of aromatic amines is 2. The second-order valence-corrected chi connectivity index (χ2v) is 16.7. The van der Waals surface area contributed by atoms with E-state index in [0.717, 1.165) is 27.9 Å². The number of methoxy groups -OCH3 is 4. The van der Waals surface area contributed by atoms with Crippen LogP contribution < -0.4 is 10.6 Å². The quantitative estimate of drug-likeness (QED) is 0.113. The summed E-state index contributed by atoms with van der Waals surface area (Å²) in [5.41, 5.74) is 5.07. The van der Waals surface area contributed by atoms with Crippen molar-refractivity contribution in [3.05, 3.63) is 71.5 Å². The Hall–Kier alpha value is -5.10. The lowest BCUT2D eigenvalue weighted by Gasteiger charge is -2.30. The van der Waals surface area contributed by atoms with E-state index in [-0.39, 0.29) is 35.1 Å². The van der Waals surface area contributed by atoms with Gasteiger partial charge < -0.3 is 49.3 Å². The molecule has 322 valence electrons. The number of halogens is 1. The van der Waals surface area contributed by atoms with Crippen LogP contribution in [-0.2, 0) is 28.5 Å². The summed E-state index contributed by atoms with van der Waals surface area (Å²) in [7, 11) is 5.62. The molecule has 0 bridgehead atoms. The number of carbonyl (C=O) groups excluding carboxylic acids is 4. The number of likely N-dealkylation sites (tertiary alicyclic amines) is 2. The van der Waals surface area contributed by atoms with E-state index < -0.39 is 36.4 Å². The van der Waals surface area contributed by atoms with Gasteiger partial charge >= 0.3 is 12.2 Å². The number of imidazole rings is 2. The van der Waals surface area contributed by atoms with Crippen LogP contribution >= 0.6 is 23.4 Å². The maximum absolute atomic E-state index is 13.9. The van der Waals surface area contributed by atoms with Crippen LogP contribution in [0.2, 0.25) is 5.15 Å². The molecule has 0 saturated carbocycles. The summed E-state index contributed by atoms with van der Waals surface area (Å²) in [5.74, 6) is 0.483. The van der Waals surface area contributed by atoms with Gasteiger partial charge in [0.2, 0.25) is 11.8 Å². The Morgan fingerprint density at radius 1 is 0.767 bits per heavy atom. The third kappa shape index (κ3) is 9.59. The molecule has 4 amide bonds. The van der Waals surface area contributed by atoms with Crippen LogP contribution in [0.25, 0.3) is 33.6 Å². The van der Waals surface area contributed by atoms with Crippen molar-refractivity contribution in [2.24, 2.45) is 5.92 Å². The molecule has 0 spiro atoms. The average Bonchev–Trinajstić information content (AvgIpc) is 4.09. The van der Waals surface area contributed by atoms with Crippen LogP contribution in [-0.4, -0.2) is 131 Å². The van der Waals surface area contributed by atoms with Gasteiger partial charge in [-0.05, 0) is 42.2 Å². The van der Waals surface area contributed by atoms with E-state index in [1.54, 1.807) is 41.8 Å². The van der Waals surface area contributed by atoms with Crippen molar-refractivity contribution >= 4 is 47.4 Å². The third-order valence-electron chi connectivity index (χ3n) is 11.3. The molecule has 4 aromatic rings. The molecule has 18 heteroatoms. The highest BCUT2D eigenvalue weighted by molar-refractivity contribution is 7.99. The standard InChI is InChI=1S/C42H53ClN8O8S/c1-22(2)33(47-41(54)58-6)39(52)50-20-28(57-5)17-31(50)38-46-35(36(43)49-38)27-15-11-25(12-16-27)24-9-13-26(14-10-24)30-19-44-37(45-30)32-18-29(60-8)21-51(32)40(53)34(23(3)56-4)48-42(55)59-7/h9-16,19,22-23,28-29,31-34H,17-18,20-21H2,1-8H3,(H,44,45)(H,46,49)(H,47,54)(H,48,55). The first-order chi connectivity index (χ1) is 28.8. The molecule has 0 aliphatic carbocycles. The molecule has 2 aromatic carbocycles. The molecular formula is C42H53ClN8O8S. The van der Waals surface area contributed by atoms with Crippen molar-refractivity contribution < 1.29 is 38.1 Å². The highest BCUT2D eigenvalue weighted by atomic mass is 35.5. The maximum atomic E-state index is 13.9. The van der Waals surface area contributed by atoms with E-state index in [4.69, 9.17) is 40.5 Å². The lowest BCUT2D eigenvalue weighted by molar-refractivity contribution is -0.137. The Morgan fingerprint density at radius 3 is 1.88 bits per heavy atom. The number of H-pyrrole nitrogens is 2. The van der Waals surface area contributed by atoms with E-state index in [0.29, 0.717) is 48.4 Å². The van der Waals surface area contributed by atoms with Gasteiger partial charge in [-0.25, -0.2) is 19.6 Å². The topological polar surface area (TPSA) is 193 Å². The summed E-state index contributed by atoms with van der Waals surface area (Å²) in [6, 6.07) is 13.5. The molecule has 60 heavy (non-hydrogen) atoms. The summed E-state index contributed by atoms with van der Waals surface area (Å²) >= 11 is 8.44. The fraction of sp³-hybridized carbons (Fsp3) is 0.476. The van der Waals surface area contributed by atoms with Crippen molar-refractivity contribution in [3.63, 3.8) is 0 Å². The largest absolute Gasteiger partial charge is 0.453 e. The summed E-state index contributed by atoms with van der Waals surface area (Å²) in [6.07, 6.45) is 2.82. The molecule has 4 N–H and O–H groups in total. The lowest BCUT2D eigenvalue weighted by atomic mass is 10.0. The zero-order chi connectivity index (χ0) is 43.2. The Labute approximate surface area is 358 Å². The molecule has 0 radical (unpaired) electrons. The van der Waals surface area contributed by atoms with E-state index in [2.05, 4.69) is 20.6 Å². The minimum atomic E-state index is -0.929. The number of nitrogens with zero attached hydrogens (tertiary/aromatic N) is 4. The van der Waals surface area contributed by atoms with Gasteiger partial charge in [-0.15, -0.1) is 0 Å². The number of nitrogens with one attached hydrogen (secondary N) is 4. The van der Waals surface area contributed by atoms with Crippen molar-refractivity contribution in [3.8, 4) is 33.6 Å². The Kier molecular flexibility index (Phi) is 14.5. The number of amides is 4. The number of thioether (sulfide) groups is 1. The summed E-state index contributed by atoms with van der Waals surface area (Å²) < 4.78 is 20.6. The maximum Gasteiger partial charge on any atom is 0.407 e. The van der Waals surface area contributed by atoms with Crippen molar-refractivity contribution in [1.82, 2.24) is 40.4 Å². The first-order valence-electron chi connectivity index (χ1n) is 19.7. The van der Waals surface area contributed by atoms with Crippen LogP contribution in [0.15, 0.2) is 54.7 Å². The number of hydrogen-bond donors (Lipinski definition) is 4. The SMILES string of the molecule is COC(=O)NC(C(=O)N1CC(OC)CC1c1nc(-c2ccc(-c3ccc(-c4cnc(C5CC(SC)CN5C(=O)C(NC(=O)OC)C(C)OC)[nH]4)cc3)cc2)c(Cl)[nH]1)C(C)C. The first-order valence-corrected chi connectivity index (χ1v) is 21.4. The molecule has 4 heterocycles. The second kappa shape index (κ2) is 19.5. The van der Waals surface area contributed by atoms with Gasteiger partial charge in [-0.2, -0.15) is 11.8 Å². The predicted octanol–water partition coefficient (Wildman–Crippen LogP) is 6.22. The summed E-state index contributed by atoms with van der Waals surface area (Å²) in [6.45, 7) is 6.29. The predicted molar refractivity (Wildman–Crippen MR) is 228 cm³/mol. The molecule has 2 fully saturated rings. The minimum Gasteiger partial charge on any atom is -0.453 e. The zero-order valence-electron chi connectivity index (χ0n) is 35.0. The van der Waals surface area contributed by atoms with Crippen LogP contribution in [0.1, 0.15) is 57.3 Å². The molecule has 7 unspecified atom stereocenters. The van der Waals surface area contributed by atoms with Gasteiger partial charge in [0.15, 0.2) is 0 Å². The van der Waals surface area contributed by atoms with Gasteiger partial charge in [0, 0.05) is 44.5 Å². The second-order valence-electron chi connectivity index (χ2n) is 15.2. The Balaban J connectivity index is 1.16. The van der Waals surface area contributed by atoms with E-state index in [1.807, 2.05) is 68.6 Å². The molecular weight excluding hydrogens is 812 g/mol. The molecule has 7 atom stereocenters. The number of benzene rings is 2. The third-order valence-corrected chi connectivity index (χ3v) is 12.6. The Bertz CT molecular complexity index is 2130. The van der Waals surface area contributed by atoms with Crippen molar-refractivity contribution in [2.45, 2.75) is 75.2 Å². The van der Waals surface area contributed by atoms with Gasteiger partial charge in [0.05, 0.1) is 50.4 Å². The number of rotatable bonds is 14. The Morgan fingerprint density at radius 2 is 1.32 bits per heavy atom. The van der Waals surface area contributed by atoms with Gasteiger partial charge in [0.1, 0.15) is 34.6 Å². The first kappa shape index (κ1) is 44.5. The zero-order valence-corrected chi connectivity index (χ0v) is 36.6. The number of alkyl carbamates (subject to hydrolysis) is 2. The van der Waals surface area contributed by atoms with Crippen molar-refractivity contribution in [1.29, 1.82) is 0 Å². The van der Waals surface area contributed by atoms with Crippen LogP contribution in [0.4, 0.5) is 9.59 Å².